The maximum atomic E-state index is 12.6. The van der Waals surface area contributed by atoms with E-state index in [0.717, 1.165) is 24.2 Å². The van der Waals surface area contributed by atoms with Gasteiger partial charge in [-0.05, 0) is 36.2 Å². The van der Waals surface area contributed by atoms with Crippen LogP contribution in [0.15, 0.2) is 59.7 Å². The van der Waals surface area contributed by atoms with E-state index in [4.69, 9.17) is 5.73 Å². The number of carbonyl (C=O) groups excluding carboxylic acids is 3. The number of benzene rings is 2. The topological polar surface area (TPSA) is 108 Å². The first-order valence-corrected chi connectivity index (χ1v) is 9.91. The lowest BCUT2D eigenvalue weighted by molar-refractivity contribution is -0.119. The molecule has 3 amide bonds. The van der Waals surface area contributed by atoms with Crippen LogP contribution in [0.2, 0.25) is 0 Å². The standard InChI is InChI=1S/C22H23N5O3/c23-21(29)19-13-18(25-27(19)17-5-2-1-3-6-17)22(30)24-14-15-8-10-16(11-9-15)26-12-4-7-20(26)28/h1-3,5-6,8-11,19H,4,7,12-14H2,(H2,23,29)(H,24,30)/t19-/m1/s1. The summed E-state index contributed by atoms with van der Waals surface area (Å²) in [5.41, 5.74) is 8.26. The van der Waals surface area contributed by atoms with E-state index in [9.17, 15) is 14.4 Å². The Bertz CT molecular complexity index is 988. The summed E-state index contributed by atoms with van der Waals surface area (Å²) in [4.78, 5) is 38.1. The van der Waals surface area contributed by atoms with E-state index in [1.807, 2.05) is 54.6 Å². The van der Waals surface area contributed by atoms with Gasteiger partial charge < -0.3 is 16.0 Å². The molecule has 8 nitrogen and oxygen atoms in total. The van der Waals surface area contributed by atoms with Crippen molar-refractivity contribution in [2.45, 2.75) is 31.8 Å². The summed E-state index contributed by atoms with van der Waals surface area (Å²) in [6.45, 7) is 1.06. The van der Waals surface area contributed by atoms with Crippen LogP contribution >= 0.6 is 0 Å². The molecular formula is C22H23N5O3. The van der Waals surface area contributed by atoms with Gasteiger partial charge in [-0.25, -0.2) is 0 Å². The lowest BCUT2D eigenvalue weighted by Gasteiger charge is -2.20. The fraction of sp³-hybridized carbons (Fsp3) is 0.273. The van der Waals surface area contributed by atoms with Crippen LogP contribution in [0.4, 0.5) is 11.4 Å². The maximum absolute atomic E-state index is 12.6. The van der Waals surface area contributed by atoms with E-state index in [-0.39, 0.29) is 23.9 Å². The first kappa shape index (κ1) is 19.6. The van der Waals surface area contributed by atoms with Crippen molar-refractivity contribution < 1.29 is 14.4 Å². The number of para-hydroxylation sites is 1. The highest BCUT2D eigenvalue weighted by Gasteiger charge is 2.34. The van der Waals surface area contributed by atoms with Crippen LogP contribution in [-0.4, -0.2) is 36.0 Å². The number of rotatable bonds is 6. The highest BCUT2D eigenvalue weighted by atomic mass is 16.2. The monoisotopic (exact) mass is 405 g/mol. The lowest BCUT2D eigenvalue weighted by atomic mass is 10.1. The third kappa shape index (κ3) is 4.03. The SMILES string of the molecule is NC(=O)[C@H]1CC(C(=O)NCc2ccc(N3CCCC3=O)cc2)=NN1c1ccccc1. The van der Waals surface area contributed by atoms with Crippen molar-refractivity contribution in [1.82, 2.24) is 5.32 Å². The molecule has 2 aliphatic rings. The van der Waals surface area contributed by atoms with Crippen molar-refractivity contribution in [2.75, 3.05) is 16.5 Å². The molecule has 3 N–H and O–H groups in total. The number of nitrogens with one attached hydrogen (secondary N) is 1. The number of primary amides is 1. The molecular weight excluding hydrogens is 382 g/mol. The van der Waals surface area contributed by atoms with Gasteiger partial charge in [-0.2, -0.15) is 5.10 Å². The number of anilines is 2. The van der Waals surface area contributed by atoms with Crippen molar-refractivity contribution in [3.63, 3.8) is 0 Å². The van der Waals surface area contributed by atoms with Crippen LogP contribution in [0, 0.1) is 0 Å². The predicted octanol–water partition coefficient (Wildman–Crippen LogP) is 1.55. The van der Waals surface area contributed by atoms with E-state index in [2.05, 4.69) is 10.4 Å². The zero-order chi connectivity index (χ0) is 21.1. The van der Waals surface area contributed by atoms with E-state index in [1.165, 1.54) is 5.01 Å². The fourth-order valence-corrected chi connectivity index (χ4v) is 3.69. The van der Waals surface area contributed by atoms with Crippen molar-refractivity contribution in [3.05, 3.63) is 60.2 Å². The van der Waals surface area contributed by atoms with Crippen LogP contribution in [0.5, 0.6) is 0 Å². The molecule has 0 radical (unpaired) electrons. The molecule has 0 bridgehead atoms. The smallest absolute Gasteiger partial charge is 0.267 e. The Morgan fingerprint density at radius 3 is 2.43 bits per heavy atom. The van der Waals surface area contributed by atoms with E-state index in [1.54, 1.807) is 4.90 Å². The molecule has 0 unspecified atom stereocenters. The van der Waals surface area contributed by atoms with Crippen LogP contribution in [-0.2, 0) is 20.9 Å². The van der Waals surface area contributed by atoms with E-state index in [0.29, 0.717) is 18.7 Å². The minimum Gasteiger partial charge on any atom is -0.368 e. The van der Waals surface area contributed by atoms with Gasteiger partial charge in [-0.15, -0.1) is 0 Å². The molecule has 2 aromatic rings. The zero-order valence-electron chi connectivity index (χ0n) is 16.5. The first-order valence-electron chi connectivity index (χ1n) is 9.91. The number of carbonyl (C=O) groups is 3. The minimum absolute atomic E-state index is 0.141. The molecule has 154 valence electrons. The minimum atomic E-state index is -0.689. The molecule has 0 aliphatic carbocycles. The van der Waals surface area contributed by atoms with Gasteiger partial charge in [0, 0.05) is 31.6 Å². The first-order chi connectivity index (χ1) is 14.5. The summed E-state index contributed by atoms with van der Waals surface area (Å²) in [5.74, 6) is -0.724. The molecule has 0 spiro atoms. The second-order valence-corrected chi connectivity index (χ2v) is 7.35. The van der Waals surface area contributed by atoms with Crippen LogP contribution in [0.25, 0.3) is 0 Å². The average Bonchev–Trinajstić information content (AvgIpc) is 3.40. The van der Waals surface area contributed by atoms with Crippen molar-refractivity contribution in [3.8, 4) is 0 Å². The maximum Gasteiger partial charge on any atom is 0.267 e. The average molecular weight is 405 g/mol. The molecule has 1 fully saturated rings. The Morgan fingerprint density at radius 1 is 1.07 bits per heavy atom. The second-order valence-electron chi connectivity index (χ2n) is 7.35. The van der Waals surface area contributed by atoms with Crippen LogP contribution < -0.4 is 21.0 Å². The summed E-state index contributed by atoms with van der Waals surface area (Å²) >= 11 is 0. The van der Waals surface area contributed by atoms with E-state index < -0.39 is 11.9 Å². The summed E-state index contributed by atoms with van der Waals surface area (Å²) < 4.78 is 0. The molecule has 0 aromatic heterocycles. The van der Waals surface area contributed by atoms with Gasteiger partial charge in [0.1, 0.15) is 11.8 Å². The highest BCUT2D eigenvalue weighted by Crippen LogP contribution is 2.24. The Morgan fingerprint density at radius 2 is 1.80 bits per heavy atom. The quantitative estimate of drug-likeness (QED) is 0.760. The van der Waals surface area contributed by atoms with Crippen LogP contribution in [0.1, 0.15) is 24.8 Å². The molecule has 1 atom stereocenters. The zero-order valence-corrected chi connectivity index (χ0v) is 16.5. The number of amides is 3. The van der Waals surface area contributed by atoms with Gasteiger partial charge in [0.25, 0.3) is 5.91 Å². The van der Waals surface area contributed by atoms with Gasteiger partial charge in [-0.1, -0.05) is 30.3 Å². The summed E-state index contributed by atoms with van der Waals surface area (Å²) in [6.07, 6.45) is 1.63. The Labute approximate surface area is 174 Å². The summed E-state index contributed by atoms with van der Waals surface area (Å²) in [7, 11) is 0. The van der Waals surface area contributed by atoms with Crippen LogP contribution in [0.3, 0.4) is 0 Å². The van der Waals surface area contributed by atoms with Crippen molar-refractivity contribution in [2.24, 2.45) is 10.8 Å². The molecule has 4 rings (SSSR count). The van der Waals surface area contributed by atoms with E-state index >= 15 is 0 Å². The number of nitrogens with zero attached hydrogens (tertiary/aromatic N) is 3. The van der Waals surface area contributed by atoms with Gasteiger partial charge in [0.15, 0.2) is 0 Å². The number of nitrogens with two attached hydrogens (primary N) is 1. The Kier molecular flexibility index (Phi) is 5.47. The third-order valence-electron chi connectivity index (χ3n) is 5.30. The summed E-state index contributed by atoms with van der Waals surface area (Å²) in [6, 6.07) is 16.0. The fourth-order valence-electron chi connectivity index (χ4n) is 3.69. The normalized spacial score (nSPS) is 18.5. The molecule has 1 saturated heterocycles. The third-order valence-corrected chi connectivity index (χ3v) is 5.30. The number of hydrazone groups is 1. The van der Waals surface area contributed by atoms with Gasteiger partial charge in [0.2, 0.25) is 11.8 Å². The molecule has 2 aromatic carbocycles. The molecule has 2 aliphatic heterocycles. The molecule has 2 heterocycles. The molecule has 0 saturated carbocycles. The largest absolute Gasteiger partial charge is 0.368 e. The lowest BCUT2D eigenvalue weighted by Crippen LogP contribution is -2.39. The second kappa shape index (κ2) is 8.36. The molecule has 30 heavy (non-hydrogen) atoms. The van der Waals surface area contributed by atoms with Gasteiger partial charge >= 0.3 is 0 Å². The van der Waals surface area contributed by atoms with Gasteiger partial charge in [-0.3, -0.25) is 19.4 Å². The van der Waals surface area contributed by atoms with Gasteiger partial charge in [0.05, 0.1) is 5.69 Å². The highest BCUT2D eigenvalue weighted by molar-refractivity contribution is 6.40. The Balaban J connectivity index is 1.40. The molecule has 8 heteroatoms. The predicted molar refractivity (Wildman–Crippen MR) is 114 cm³/mol. The summed E-state index contributed by atoms with van der Waals surface area (Å²) in [5, 5.41) is 8.68. The van der Waals surface area contributed by atoms with Crippen molar-refractivity contribution in [1.29, 1.82) is 0 Å². The number of hydrogen-bond acceptors (Lipinski definition) is 5. The number of hydrogen-bond donors (Lipinski definition) is 2. The Hall–Kier alpha value is -3.68. The van der Waals surface area contributed by atoms with Crippen molar-refractivity contribution >= 4 is 34.8 Å².